The number of nitrogens with zero attached hydrogens (tertiary/aromatic N) is 1. The first-order valence-electron chi connectivity index (χ1n) is 10.5. The Labute approximate surface area is 172 Å². The van der Waals surface area contributed by atoms with Crippen molar-refractivity contribution in [2.24, 2.45) is 0 Å². The molecule has 0 radical (unpaired) electrons. The average Bonchev–Trinajstić information content (AvgIpc) is 2.91. The average molecular weight is 416 g/mol. The van der Waals surface area contributed by atoms with Crippen molar-refractivity contribution in [2.45, 2.75) is 110 Å². The Morgan fingerprint density at radius 1 is 1.04 bits per heavy atom. The van der Waals surface area contributed by atoms with Gasteiger partial charge in [0.1, 0.15) is 5.60 Å². The molecule has 1 amide bonds. The molecule has 0 N–H and O–H groups in total. The molecule has 0 saturated carbocycles. The van der Waals surface area contributed by atoms with E-state index in [1.54, 1.807) is 6.92 Å². The first-order chi connectivity index (χ1) is 12.7. The Bertz CT molecular complexity index is 536. The number of esters is 1. The van der Waals surface area contributed by atoms with Crippen molar-refractivity contribution in [1.82, 2.24) is 4.90 Å². The summed E-state index contributed by atoms with van der Waals surface area (Å²) in [6, 6.07) is -0.0385. The van der Waals surface area contributed by atoms with Crippen LogP contribution in [0.25, 0.3) is 0 Å². The molecule has 1 heterocycles. The Morgan fingerprint density at radius 3 is 2.11 bits per heavy atom. The van der Waals surface area contributed by atoms with Crippen molar-refractivity contribution in [3.63, 3.8) is 0 Å². The molecule has 0 aliphatic carbocycles. The summed E-state index contributed by atoms with van der Waals surface area (Å²) in [6.07, 6.45) is 2.30. The number of ether oxygens (including phenoxy) is 2. The summed E-state index contributed by atoms with van der Waals surface area (Å²) < 4.78 is 17.1. The number of amides is 1. The summed E-state index contributed by atoms with van der Waals surface area (Å²) >= 11 is 0. The Morgan fingerprint density at radius 2 is 1.61 bits per heavy atom. The Hall–Kier alpha value is -1.08. The van der Waals surface area contributed by atoms with Crippen LogP contribution in [0.4, 0.5) is 4.79 Å². The van der Waals surface area contributed by atoms with E-state index in [1.807, 2.05) is 25.7 Å². The van der Waals surface area contributed by atoms with Gasteiger partial charge in [-0.05, 0) is 65.1 Å². The molecule has 0 aromatic rings. The van der Waals surface area contributed by atoms with Crippen LogP contribution >= 0.6 is 0 Å². The molecule has 1 fully saturated rings. The van der Waals surface area contributed by atoms with Crippen molar-refractivity contribution in [1.29, 1.82) is 0 Å². The topological polar surface area (TPSA) is 65.1 Å². The van der Waals surface area contributed by atoms with E-state index in [0.29, 0.717) is 26.1 Å². The minimum atomic E-state index is -1.91. The van der Waals surface area contributed by atoms with Crippen molar-refractivity contribution in [3.8, 4) is 0 Å². The van der Waals surface area contributed by atoms with Gasteiger partial charge < -0.3 is 13.9 Å². The van der Waals surface area contributed by atoms with Crippen LogP contribution in [0, 0.1) is 0 Å². The Kier molecular flexibility index (Phi) is 8.57. The van der Waals surface area contributed by atoms with Crippen molar-refractivity contribution in [2.75, 3.05) is 13.2 Å². The van der Waals surface area contributed by atoms with Gasteiger partial charge in [-0.25, -0.2) is 4.79 Å². The molecule has 164 valence electrons. The van der Waals surface area contributed by atoms with Gasteiger partial charge in [0.2, 0.25) is 0 Å². The molecule has 0 bridgehead atoms. The molecule has 0 spiro atoms. The molecule has 1 rings (SSSR count). The third kappa shape index (κ3) is 7.39. The van der Waals surface area contributed by atoms with Gasteiger partial charge in [0.15, 0.2) is 8.32 Å². The number of carbonyl (C=O) groups is 2. The molecule has 1 saturated heterocycles. The van der Waals surface area contributed by atoms with E-state index in [0.717, 1.165) is 12.8 Å². The zero-order valence-corrected chi connectivity index (χ0v) is 20.4. The zero-order valence-electron chi connectivity index (χ0n) is 19.4. The number of rotatable bonds is 7. The standard InChI is InChI=1S/C21H41NO5Si/c1-10-25-18(23)14-13-16-11-12-17(15-26-28(8,9)21(5,6)7)22(16)19(24)27-20(2,3)4/h16-17H,10-15H2,1-9H3/t16-,17-/m0/s1. The highest BCUT2D eigenvalue weighted by Crippen LogP contribution is 2.38. The van der Waals surface area contributed by atoms with Crippen LogP contribution in [0.5, 0.6) is 0 Å². The molecule has 7 heteroatoms. The van der Waals surface area contributed by atoms with Crippen molar-refractivity contribution < 1.29 is 23.5 Å². The highest BCUT2D eigenvalue weighted by atomic mass is 28.4. The normalized spacial score (nSPS) is 21.0. The zero-order chi connectivity index (χ0) is 21.8. The summed E-state index contributed by atoms with van der Waals surface area (Å²) in [4.78, 5) is 26.5. The molecular weight excluding hydrogens is 374 g/mol. The van der Waals surface area contributed by atoms with Gasteiger partial charge in [-0.15, -0.1) is 0 Å². The maximum atomic E-state index is 12.9. The molecule has 1 aliphatic heterocycles. The van der Waals surface area contributed by atoms with Crippen LogP contribution in [0.15, 0.2) is 0 Å². The van der Waals surface area contributed by atoms with E-state index >= 15 is 0 Å². The van der Waals surface area contributed by atoms with Gasteiger partial charge in [-0.1, -0.05) is 20.8 Å². The fraction of sp³-hybridized carbons (Fsp3) is 0.905. The van der Waals surface area contributed by atoms with Gasteiger partial charge in [0.05, 0.1) is 19.3 Å². The van der Waals surface area contributed by atoms with E-state index in [9.17, 15) is 9.59 Å². The highest BCUT2D eigenvalue weighted by molar-refractivity contribution is 6.74. The van der Waals surface area contributed by atoms with Crippen LogP contribution in [0.3, 0.4) is 0 Å². The quantitative estimate of drug-likeness (QED) is 0.426. The second kappa shape index (κ2) is 9.61. The maximum absolute atomic E-state index is 12.9. The monoisotopic (exact) mass is 415 g/mol. The molecule has 1 aliphatic rings. The minimum absolute atomic E-state index is 0.0174. The molecule has 2 atom stereocenters. The van der Waals surface area contributed by atoms with Gasteiger partial charge in [-0.2, -0.15) is 0 Å². The van der Waals surface area contributed by atoms with Crippen LogP contribution in [-0.2, 0) is 18.7 Å². The summed E-state index contributed by atoms with van der Waals surface area (Å²) in [5.41, 5.74) is -0.559. The number of hydrogen-bond acceptors (Lipinski definition) is 5. The van der Waals surface area contributed by atoms with Gasteiger partial charge in [0.25, 0.3) is 0 Å². The van der Waals surface area contributed by atoms with Gasteiger partial charge in [-0.3, -0.25) is 9.69 Å². The lowest BCUT2D eigenvalue weighted by Crippen LogP contribution is -2.49. The minimum Gasteiger partial charge on any atom is -0.466 e. The van der Waals surface area contributed by atoms with Crippen LogP contribution < -0.4 is 0 Å². The maximum Gasteiger partial charge on any atom is 0.410 e. The molecule has 0 unspecified atom stereocenters. The fourth-order valence-corrected chi connectivity index (χ4v) is 4.10. The summed E-state index contributed by atoms with van der Waals surface area (Å²) in [7, 11) is -1.91. The third-order valence-corrected chi connectivity index (χ3v) is 10.2. The number of carbonyl (C=O) groups excluding carboxylic acids is 2. The predicted molar refractivity (Wildman–Crippen MR) is 114 cm³/mol. The smallest absolute Gasteiger partial charge is 0.410 e. The second-order valence-electron chi connectivity index (χ2n) is 10.2. The lowest BCUT2D eigenvalue weighted by Gasteiger charge is -2.39. The van der Waals surface area contributed by atoms with Crippen LogP contribution in [0.2, 0.25) is 18.1 Å². The molecular formula is C21H41NO5Si. The van der Waals surface area contributed by atoms with Crippen LogP contribution in [0.1, 0.15) is 74.1 Å². The predicted octanol–water partition coefficient (Wildman–Crippen LogP) is 5.12. The molecule has 6 nitrogen and oxygen atoms in total. The molecule has 0 aromatic heterocycles. The number of likely N-dealkylation sites (tertiary alicyclic amines) is 1. The van der Waals surface area contributed by atoms with Gasteiger partial charge >= 0.3 is 12.1 Å². The van der Waals surface area contributed by atoms with Crippen LogP contribution in [-0.4, -0.2) is 56.2 Å². The highest BCUT2D eigenvalue weighted by Gasteiger charge is 2.42. The summed E-state index contributed by atoms with van der Waals surface area (Å²) in [5, 5.41) is 0.117. The first-order valence-corrected chi connectivity index (χ1v) is 13.4. The lowest BCUT2D eigenvalue weighted by atomic mass is 10.1. The lowest BCUT2D eigenvalue weighted by molar-refractivity contribution is -0.143. The van der Waals surface area contributed by atoms with Gasteiger partial charge in [0, 0.05) is 12.5 Å². The first kappa shape index (κ1) is 25.0. The van der Waals surface area contributed by atoms with E-state index in [2.05, 4.69) is 33.9 Å². The molecule has 28 heavy (non-hydrogen) atoms. The van der Waals surface area contributed by atoms with Crippen molar-refractivity contribution >= 4 is 20.4 Å². The summed E-state index contributed by atoms with van der Waals surface area (Å²) in [6.45, 7) is 19.4. The fourth-order valence-electron chi connectivity index (χ4n) is 3.06. The third-order valence-electron chi connectivity index (χ3n) is 5.65. The second-order valence-corrected chi connectivity index (χ2v) is 15.0. The van der Waals surface area contributed by atoms with Crippen molar-refractivity contribution in [3.05, 3.63) is 0 Å². The summed E-state index contributed by atoms with van der Waals surface area (Å²) in [5.74, 6) is -0.215. The van der Waals surface area contributed by atoms with E-state index < -0.39 is 13.9 Å². The molecule has 0 aromatic carbocycles. The Balaban J connectivity index is 2.86. The number of hydrogen-bond donors (Lipinski definition) is 0. The van der Waals surface area contributed by atoms with E-state index in [1.165, 1.54) is 0 Å². The largest absolute Gasteiger partial charge is 0.466 e. The van der Waals surface area contributed by atoms with E-state index in [-0.39, 0.29) is 29.2 Å². The van der Waals surface area contributed by atoms with E-state index in [4.69, 9.17) is 13.9 Å². The SMILES string of the molecule is CCOC(=O)CC[C@@H]1CC[C@@H](CO[Si](C)(C)C(C)(C)C)N1C(=O)OC(C)(C)C.